The van der Waals surface area contributed by atoms with Gasteiger partial charge in [-0.05, 0) is 49.6 Å². The number of rotatable bonds is 9. The first-order valence-corrected chi connectivity index (χ1v) is 10.8. The minimum Gasteiger partial charge on any atom is -0.456 e. The predicted octanol–water partition coefficient (Wildman–Crippen LogP) is 3.99. The molecule has 0 saturated carbocycles. The molecule has 1 unspecified atom stereocenters. The lowest BCUT2D eigenvalue weighted by molar-refractivity contribution is -0.144. The van der Waals surface area contributed by atoms with Crippen LogP contribution in [0.1, 0.15) is 31.3 Å². The molecule has 8 heteroatoms. The van der Waals surface area contributed by atoms with Crippen LogP contribution in [0.5, 0.6) is 0 Å². The lowest BCUT2D eigenvalue weighted by atomic mass is 10.1. The second kappa shape index (κ2) is 10.5. The Morgan fingerprint density at radius 2 is 1.96 bits per heavy atom. The maximum Gasteiger partial charge on any atom is 0.329 e. The zero-order valence-electron chi connectivity index (χ0n) is 15.0. The van der Waals surface area contributed by atoms with Crippen molar-refractivity contribution >= 4 is 52.4 Å². The van der Waals surface area contributed by atoms with Crippen LogP contribution < -0.4 is 5.32 Å². The number of amides is 1. The topological polar surface area (TPSA) is 72.5 Å². The number of nitrogens with one attached hydrogen (secondary N) is 1. The molecule has 0 aliphatic rings. The Morgan fingerprint density at radius 1 is 1.22 bits per heavy atom. The fourth-order valence-electron chi connectivity index (χ4n) is 2.26. The summed E-state index contributed by atoms with van der Waals surface area (Å²) in [7, 11) is 0. The summed E-state index contributed by atoms with van der Waals surface area (Å²) in [6, 6.07) is 9.30. The highest BCUT2D eigenvalue weighted by atomic mass is 35.5. The SMILES string of the molecule is CSCCC(NC(=O)c1ccccc1Cl)C(=O)OCC(=O)c1ccc(C)s1. The molecule has 0 bridgehead atoms. The summed E-state index contributed by atoms with van der Waals surface area (Å²) in [6.45, 7) is 1.55. The van der Waals surface area contributed by atoms with Gasteiger partial charge in [0.1, 0.15) is 6.04 Å². The molecule has 27 heavy (non-hydrogen) atoms. The van der Waals surface area contributed by atoms with E-state index >= 15 is 0 Å². The number of halogens is 1. The molecule has 1 heterocycles. The van der Waals surface area contributed by atoms with Gasteiger partial charge in [-0.3, -0.25) is 9.59 Å². The van der Waals surface area contributed by atoms with E-state index in [2.05, 4.69) is 5.32 Å². The normalized spacial score (nSPS) is 11.7. The highest BCUT2D eigenvalue weighted by Crippen LogP contribution is 2.17. The summed E-state index contributed by atoms with van der Waals surface area (Å²) in [5.41, 5.74) is 0.284. The van der Waals surface area contributed by atoms with E-state index in [0.29, 0.717) is 22.1 Å². The van der Waals surface area contributed by atoms with Crippen LogP contribution in [0.15, 0.2) is 36.4 Å². The molecular weight excluding hydrogens is 406 g/mol. The molecule has 1 aromatic heterocycles. The minimum atomic E-state index is -0.848. The molecule has 2 rings (SSSR count). The molecule has 0 fully saturated rings. The van der Waals surface area contributed by atoms with Gasteiger partial charge in [-0.2, -0.15) is 11.8 Å². The number of esters is 1. The largest absolute Gasteiger partial charge is 0.456 e. The van der Waals surface area contributed by atoms with Gasteiger partial charge in [0, 0.05) is 4.88 Å². The number of ether oxygens (including phenoxy) is 1. The summed E-state index contributed by atoms with van der Waals surface area (Å²) >= 11 is 8.93. The Kier molecular flexibility index (Phi) is 8.34. The number of hydrogen-bond acceptors (Lipinski definition) is 6. The zero-order chi connectivity index (χ0) is 19.8. The molecule has 0 spiro atoms. The van der Waals surface area contributed by atoms with Crippen molar-refractivity contribution in [1.29, 1.82) is 0 Å². The van der Waals surface area contributed by atoms with Crippen molar-refractivity contribution < 1.29 is 19.1 Å². The molecule has 5 nitrogen and oxygen atoms in total. The van der Waals surface area contributed by atoms with Crippen molar-refractivity contribution in [3.63, 3.8) is 0 Å². The van der Waals surface area contributed by atoms with Gasteiger partial charge in [0.2, 0.25) is 5.78 Å². The monoisotopic (exact) mass is 425 g/mol. The van der Waals surface area contributed by atoms with Crippen molar-refractivity contribution in [2.45, 2.75) is 19.4 Å². The molecule has 1 atom stereocenters. The van der Waals surface area contributed by atoms with Gasteiger partial charge in [0.15, 0.2) is 6.61 Å². The number of benzene rings is 1. The number of thioether (sulfide) groups is 1. The third-order valence-corrected chi connectivity index (χ3v) is 5.69. The number of ketones is 1. The number of Topliss-reactive ketones (excluding diaryl/α,β-unsaturated/α-hetero) is 1. The van der Waals surface area contributed by atoms with E-state index < -0.39 is 17.9 Å². The highest BCUT2D eigenvalue weighted by Gasteiger charge is 2.24. The molecule has 0 saturated heterocycles. The van der Waals surface area contributed by atoms with Gasteiger partial charge in [0.05, 0.1) is 15.5 Å². The predicted molar refractivity (Wildman–Crippen MR) is 110 cm³/mol. The number of hydrogen-bond donors (Lipinski definition) is 1. The number of aryl methyl sites for hydroxylation is 1. The lowest BCUT2D eigenvalue weighted by Crippen LogP contribution is -2.42. The van der Waals surface area contributed by atoms with E-state index in [9.17, 15) is 14.4 Å². The van der Waals surface area contributed by atoms with Crippen LogP contribution in [0.3, 0.4) is 0 Å². The standard InChI is InChI=1S/C19H20ClNO4S2/c1-12-7-8-17(27-12)16(22)11-25-19(24)15(9-10-26-2)21-18(23)13-5-3-4-6-14(13)20/h3-8,15H,9-11H2,1-2H3,(H,21,23). The highest BCUT2D eigenvalue weighted by molar-refractivity contribution is 7.98. The van der Waals surface area contributed by atoms with Crippen LogP contribution in [0.25, 0.3) is 0 Å². The Balaban J connectivity index is 1.99. The first kappa shape index (κ1) is 21.5. The summed E-state index contributed by atoms with van der Waals surface area (Å²) in [5, 5.41) is 2.96. The van der Waals surface area contributed by atoms with Gasteiger partial charge < -0.3 is 10.1 Å². The summed E-state index contributed by atoms with van der Waals surface area (Å²) in [4.78, 5) is 38.5. The Labute approximate surface area is 171 Å². The number of carbonyl (C=O) groups excluding carboxylic acids is 3. The van der Waals surface area contributed by atoms with Crippen LogP contribution in [0.4, 0.5) is 0 Å². The zero-order valence-corrected chi connectivity index (χ0v) is 17.4. The molecule has 1 N–H and O–H groups in total. The first-order valence-electron chi connectivity index (χ1n) is 8.23. The van der Waals surface area contributed by atoms with Crippen LogP contribution in [-0.2, 0) is 9.53 Å². The van der Waals surface area contributed by atoms with Crippen LogP contribution in [-0.4, -0.2) is 42.3 Å². The lowest BCUT2D eigenvalue weighted by Gasteiger charge is -2.17. The minimum absolute atomic E-state index is 0.262. The smallest absolute Gasteiger partial charge is 0.329 e. The molecule has 144 valence electrons. The fourth-order valence-corrected chi connectivity index (χ4v) is 3.74. The van der Waals surface area contributed by atoms with Gasteiger partial charge in [0.25, 0.3) is 5.91 Å². The molecule has 1 amide bonds. The van der Waals surface area contributed by atoms with Crippen molar-refractivity contribution in [3.8, 4) is 0 Å². The van der Waals surface area contributed by atoms with Crippen molar-refractivity contribution in [2.24, 2.45) is 0 Å². The summed E-state index contributed by atoms with van der Waals surface area (Å²) in [6.07, 6.45) is 2.30. The molecule has 1 aromatic carbocycles. The van der Waals surface area contributed by atoms with Gasteiger partial charge in [-0.15, -0.1) is 11.3 Å². The van der Waals surface area contributed by atoms with Gasteiger partial charge in [-0.1, -0.05) is 23.7 Å². The molecule has 0 aliphatic heterocycles. The van der Waals surface area contributed by atoms with Crippen LogP contribution >= 0.6 is 34.7 Å². The van der Waals surface area contributed by atoms with Crippen molar-refractivity contribution in [1.82, 2.24) is 5.32 Å². The quantitative estimate of drug-likeness (QED) is 0.485. The maximum absolute atomic E-state index is 12.4. The van der Waals surface area contributed by atoms with E-state index in [1.807, 2.05) is 19.2 Å². The van der Waals surface area contributed by atoms with E-state index in [-0.39, 0.29) is 18.0 Å². The molecular formula is C19H20ClNO4S2. The van der Waals surface area contributed by atoms with Crippen LogP contribution in [0.2, 0.25) is 5.02 Å². The third-order valence-electron chi connectivity index (χ3n) is 3.68. The first-order chi connectivity index (χ1) is 12.9. The summed E-state index contributed by atoms with van der Waals surface area (Å²) < 4.78 is 5.15. The van der Waals surface area contributed by atoms with Crippen molar-refractivity contribution in [3.05, 3.63) is 56.7 Å². The van der Waals surface area contributed by atoms with E-state index in [1.165, 1.54) is 11.3 Å². The average Bonchev–Trinajstić information content (AvgIpc) is 3.09. The average molecular weight is 426 g/mol. The van der Waals surface area contributed by atoms with E-state index in [1.54, 1.807) is 42.1 Å². The van der Waals surface area contributed by atoms with E-state index in [4.69, 9.17) is 16.3 Å². The maximum atomic E-state index is 12.4. The molecule has 0 aliphatic carbocycles. The Morgan fingerprint density at radius 3 is 2.59 bits per heavy atom. The Bertz CT molecular complexity index is 822. The second-order valence-corrected chi connectivity index (χ2v) is 8.41. The van der Waals surface area contributed by atoms with Crippen LogP contribution in [0, 0.1) is 6.92 Å². The van der Waals surface area contributed by atoms with Gasteiger partial charge >= 0.3 is 5.97 Å². The third kappa shape index (κ3) is 6.37. The van der Waals surface area contributed by atoms with Gasteiger partial charge in [-0.25, -0.2) is 4.79 Å². The molecule has 0 radical (unpaired) electrons. The molecule has 2 aromatic rings. The van der Waals surface area contributed by atoms with Crippen molar-refractivity contribution in [2.75, 3.05) is 18.6 Å². The summed E-state index contributed by atoms with van der Waals surface area (Å²) in [5.74, 6) is -0.696. The number of carbonyl (C=O) groups is 3. The fraction of sp³-hybridized carbons (Fsp3) is 0.316. The second-order valence-electron chi connectivity index (χ2n) is 5.73. The Hall–Kier alpha value is -1.83. The number of thiophene rings is 1. The van der Waals surface area contributed by atoms with E-state index in [0.717, 1.165) is 4.88 Å².